The van der Waals surface area contributed by atoms with E-state index in [2.05, 4.69) is 141 Å². The van der Waals surface area contributed by atoms with E-state index < -0.39 is 6.04 Å². The Morgan fingerprint density at radius 1 is 0.658 bits per heavy atom. The number of benzene rings is 5. The molecule has 0 aliphatic carbocycles. The molecule has 5 aromatic carbocycles. The van der Waals surface area contributed by atoms with E-state index >= 15 is 0 Å². The summed E-state index contributed by atoms with van der Waals surface area (Å²) < 4.78 is 0. The van der Waals surface area contributed by atoms with Gasteiger partial charge in [0.05, 0.1) is 11.4 Å². The molecule has 186 valence electrons. The van der Waals surface area contributed by atoms with Crippen LogP contribution in [0, 0.1) is 6.92 Å². The van der Waals surface area contributed by atoms with Crippen LogP contribution in [0.25, 0.3) is 0 Å². The Kier molecular flexibility index (Phi) is 5.50. The van der Waals surface area contributed by atoms with Crippen LogP contribution in [0.15, 0.2) is 125 Å². The van der Waals surface area contributed by atoms with Gasteiger partial charge in [-0.3, -0.25) is 0 Å². The largest absolute Gasteiger partial charge is 0.310 e. The highest BCUT2D eigenvalue weighted by atomic mass is 32.4. The lowest BCUT2D eigenvalue weighted by atomic mass is 9.73. The third-order valence-electron chi connectivity index (χ3n) is 7.97. The summed E-state index contributed by atoms with van der Waals surface area (Å²) in [5.74, 6) is 0. The minimum absolute atomic E-state index is 0.0714. The summed E-state index contributed by atoms with van der Waals surface area (Å²) in [7, 11) is 0. The molecule has 7 rings (SSSR count). The monoisotopic (exact) mass is 545 g/mol. The number of anilines is 3. The maximum Gasteiger partial charge on any atom is 0.0502 e. The van der Waals surface area contributed by atoms with Crippen molar-refractivity contribution in [1.82, 2.24) is 0 Å². The number of hydrogen-bond donors (Lipinski definition) is 0. The average Bonchev–Trinajstić information content (AvgIpc) is 2.93. The molecule has 0 bridgehead atoms. The van der Waals surface area contributed by atoms with Gasteiger partial charge < -0.3 is 4.90 Å². The molecular weight excluding hydrogens is 517 g/mol. The van der Waals surface area contributed by atoms with E-state index in [0.717, 1.165) is 0 Å². The third kappa shape index (κ3) is 3.42. The van der Waals surface area contributed by atoms with Crippen LogP contribution in [0.4, 0.5) is 17.1 Å². The summed E-state index contributed by atoms with van der Waals surface area (Å²) in [5, 5.41) is 3.87. The van der Waals surface area contributed by atoms with E-state index in [4.69, 9.17) is 11.8 Å². The van der Waals surface area contributed by atoms with E-state index in [-0.39, 0.29) is 5.41 Å². The van der Waals surface area contributed by atoms with Crippen molar-refractivity contribution in [2.45, 2.75) is 36.0 Å². The fourth-order valence-electron chi connectivity index (χ4n) is 6.08. The molecule has 0 N–H and O–H groups in total. The Balaban J connectivity index is 1.46. The Bertz CT molecular complexity index is 1740. The van der Waals surface area contributed by atoms with Crippen LogP contribution in [-0.2, 0) is 17.2 Å². The number of para-hydroxylation sites is 2. The Morgan fingerprint density at radius 2 is 1.29 bits per heavy atom. The molecule has 1 unspecified atom stereocenters. The van der Waals surface area contributed by atoms with Gasteiger partial charge in [0.25, 0.3) is 0 Å². The summed E-state index contributed by atoms with van der Waals surface area (Å²) in [4.78, 5) is 4.99. The van der Waals surface area contributed by atoms with Crippen LogP contribution in [0.3, 0.4) is 0 Å². The molecule has 4 heteroatoms. The van der Waals surface area contributed by atoms with Gasteiger partial charge in [-0.25, -0.2) is 0 Å². The molecule has 0 radical (unpaired) electrons. The molecule has 0 saturated heterocycles. The Morgan fingerprint density at radius 3 is 2.00 bits per heavy atom. The molecule has 0 saturated carbocycles. The summed E-state index contributed by atoms with van der Waals surface area (Å²) in [6.45, 7) is 6.82. The molecule has 1 nitrogen and oxygen atoms in total. The van der Waals surface area contributed by atoms with E-state index in [1.54, 1.807) is 0 Å². The lowest BCUT2D eigenvalue weighted by Crippen LogP contribution is -2.32. The zero-order valence-corrected chi connectivity index (χ0v) is 24.2. The van der Waals surface area contributed by atoms with E-state index in [9.17, 15) is 0 Å². The molecule has 0 fully saturated rings. The van der Waals surface area contributed by atoms with Gasteiger partial charge in [-0.1, -0.05) is 122 Å². The standard InChI is InChI=1S/C34H28NPS2/c1-23-11-10-12-25(21-23)36(37)30-17-8-9-18-32(30)38-33-22-24(19-20-31(33)36)35-28-15-6-4-13-26(28)34(2,3)27-14-5-7-16-29(27)35/h4-22H,1-3H3. The number of nitrogens with zero attached hydrogens (tertiary/aromatic N) is 1. The highest BCUT2D eigenvalue weighted by Crippen LogP contribution is 2.55. The van der Waals surface area contributed by atoms with Gasteiger partial charge >= 0.3 is 0 Å². The smallest absolute Gasteiger partial charge is 0.0502 e. The second-order valence-corrected chi connectivity index (χ2v) is 16.1. The first-order valence-electron chi connectivity index (χ1n) is 13.0. The summed E-state index contributed by atoms with van der Waals surface area (Å²) in [6.07, 6.45) is 0. The van der Waals surface area contributed by atoms with Crippen molar-refractivity contribution >= 4 is 62.6 Å². The maximum atomic E-state index is 6.73. The van der Waals surface area contributed by atoms with Gasteiger partial charge in [0, 0.05) is 37.5 Å². The molecule has 2 aliphatic heterocycles. The van der Waals surface area contributed by atoms with Crippen LogP contribution in [-0.4, -0.2) is 0 Å². The topological polar surface area (TPSA) is 3.24 Å². The van der Waals surface area contributed by atoms with E-state index in [0.29, 0.717) is 0 Å². The number of hydrogen-bond acceptors (Lipinski definition) is 3. The zero-order chi connectivity index (χ0) is 26.1. The van der Waals surface area contributed by atoms with Crippen molar-refractivity contribution in [1.29, 1.82) is 0 Å². The SMILES string of the molecule is Cc1cccc(P2(=S)c3ccccc3Sc3cc(N4c5ccccc5C(C)(C)c5ccccc54)ccc32)c1. The lowest BCUT2D eigenvalue weighted by molar-refractivity contribution is 0.632. The zero-order valence-electron chi connectivity index (χ0n) is 21.7. The molecule has 5 aromatic rings. The molecule has 2 aliphatic rings. The van der Waals surface area contributed by atoms with Gasteiger partial charge in [-0.05, 0) is 59.8 Å². The predicted molar refractivity (Wildman–Crippen MR) is 168 cm³/mol. The van der Waals surface area contributed by atoms with Crippen molar-refractivity contribution in [2.75, 3.05) is 4.90 Å². The molecule has 0 aromatic heterocycles. The number of fused-ring (bicyclic) bond motifs is 4. The fraction of sp³-hybridized carbons (Fsp3) is 0.118. The first-order chi connectivity index (χ1) is 18.4. The molecule has 0 amide bonds. The summed E-state index contributed by atoms with van der Waals surface area (Å²) in [6, 6.07) is 40.1. The van der Waals surface area contributed by atoms with Crippen LogP contribution in [0.5, 0.6) is 0 Å². The van der Waals surface area contributed by atoms with E-state index in [1.807, 2.05) is 11.8 Å². The maximum absolute atomic E-state index is 6.73. The third-order valence-corrected chi connectivity index (χ3v) is 14.4. The Hall–Kier alpha value is -3.10. The van der Waals surface area contributed by atoms with Crippen molar-refractivity contribution in [3.63, 3.8) is 0 Å². The normalized spacial score (nSPS) is 18.7. The van der Waals surface area contributed by atoms with Crippen LogP contribution in [0.2, 0.25) is 0 Å². The second kappa shape index (κ2) is 8.71. The van der Waals surface area contributed by atoms with Crippen LogP contribution in [0.1, 0.15) is 30.5 Å². The average molecular weight is 546 g/mol. The number of aryl methyl sites for hydroxylation is 1. The lowest BCUT2D eigenvalue weighted by Gasteiger charge is -2.42. The van der Waals surface area contributed by atoms with Crippen molar-refractivity contribution in [2.24, 2.45) is 0 Å². The second-order valence-electron chi connectivity index (χ2n) is 10.7. The first-order valence-corrected chi connectivity index (χ1v) is 16.6. The van der Waals surface area contributed by atoms with Crippen molar-refractivity contribution in [3.8, 4) is 0 Å². The molecule has 0 spiro atoms. The van der Waals surface area contributed by atoms with Gasteiger partial charge in [-0.15, -0.1) is 0 Å². The fourth-order valence-corrected chi connectivity index (χ4v) is 12.6. The summed E-state index contributed by atoms with van der Waals surface area (Å²) >= 11 is 8.59. The first kappa shape index (κ1) is 24.0. The highest BCUT2D eigenvalue weighted by Gasteiger charge is 2.38. The molecular formula is C34H28NPS2. The van der Waals surface area contributed by atoms with Crippen molar-refractivity contribution < 1.29 is 0 Å². The molecule has 2 heterocycles. The number of rotatable bonds is 2. The van der Waals surface area contributed by atoms with Gasteiger partial charge in [0.1, 0.15) is 0 Å². The van der Waals surface area contributed by atoms with Gasteiger partial charge in [-0.2, -0.15) is 0 Å². The molecule has 38 heavy (non-hydrogen) atoms. The van der Waals surface area contributed by atoms with Gasteiger partial charge in [0.15, 0.2) is 0 Å². The minimum Gasteiger partial charge on any atom is -0.310 e. The van der Waals surface area contributed by atoms with Gasteiger partial charge in [0.2, 0.25) is 0 Å². The van der Waals surface area contributed by atoms with E-state index in [1.165, 1.54) is 59.5 Å². The minimum atomic E-state index is -2.19. The van der Waals surface area contributed by atoms with Crippen LogP contribution >= 0.6 is 17.8 Å². The Labute approximate surface area is 234 Å². The quantitative estimate of drug-likeness (QED) is 0.201. The summed E-state index contributed by atoms with van der Waals surface area (Å²) in [5.41, 5.74) is 7.55. The van der Waals surface area contributed by atoms with Crippen LogP contribution < -0.4 is 20.8 Å². The molecule has 1 atom stereocenters. The van der Waals surface area contributed by atoms with Crippen molar-refractivity contribution in [3.05, 3.63) is 132 Å². The highest BCUT2D eigenvalue weighted by molar-refractivity contribution is 8.26. The predicted octanol–water partition coefficient (Wildman–Crippen LogP) is 8.32.